The van der Waals surface area contributed by atoms with Gasteiger partial charge in [0.15, 0.2) is 0 Å². The number of nitrogens with zero attached hydrogens (tertiary/aromatic N) is 2. The maximum absolute atomic E-state index is 13.5. The summed E-state index contributed by atoms with van der Waals surface area (Å²) >= 11 is 0. The van der Waals surface area contributed by atoms with Gasteiger partial charge in [-0.15, -0.1) is 0 Å². The van der Waals surface area contributed by atoms with Gasteiger partial charge in [0, 0.05) is 20.5 Å². The molecular formula is C32H36N4O6. The molecule has 0 fully saturated rings. The second kappa shape index (κ2) is 14.7. The molecule has 0 aliphatic carbocycles. The maximum Gasteiger partial charge on any atom is 0.255 e. The summed E-state index contributed by atoms with van der Waals surface area (Å²) in [6, 6.07) is 23.1. The number of ether oxygens (including phenoxy) is 2. The van der Waals surface area contributed by atoms with Gasteiger partial charge in [0.05, 0.1) is 25.1 Å². The van der Waals surface area contributed by atoms with E-state index in [0.717, 1.165) is 5.56 Å². The monoisotopic (exact) mass is 572 g/mol. The van der Waals surface area contributed by atoms with Crippen LogP contribution in [0.5, 0.6) is 11.5 Å². The summed E-state index contributed by atoms with van der Waals surface area (Å²) in [4.78, 5) is 56.6. The fraction of sp³-hybridized carbons (Fsp3) is 0.312. The lowest BCUT2D eigenvalue weighted by molar-refractivity contribution is -0.137. The van der Waals surface area contributed by atoms with Crippen LogP contribution in [-0.4, -0.2) is 85.9 Å². The maximum atomic E-state index is 13.5. The molecule has 1 aliphatic heterocycles. The highest BCUT2D eigenvalue weighted by Crippen LogP contribution is 2.19. The van der Waals surface area contributed by atoms with Crippen LogP contribution in [0.15, 0.2) is 84.9 Å². The van der Waals surface area contributed by atoms with Gasteiger partial charge in [-0.25, -0.2) is 0 Å². The Morgan fingerprint density at radius 2 is 1.62 bits per heavy atom. The number of fused-ring (bicyclic) bond motifs is 1. The molecule has 220 valence electrons. The zero-order chi connectivity index (χ0) is 29.9. The summed E-state index contributed by atoms with van der Waals surface area (Å²) in [5, 5.41) is 5.53. The Bertz CT molecular complexity index is 1370. The average Bonchev–Trinajstić information content (AvgIpc) is 3.00. The summed E-state index contributed by atoms with van der Waals surface area (Å²) in [5.41, 5.74) is 1.09. The van der Waals surface area contributed by atoms with Crippen molar-refractivity contribution in [1.29, 1.82) is 0 Å². The largest absolute Gasteiger partial charge is 0.492 e. The molecule has 0 bridgehead atoms. The second-order valence-electron chi connectivity index (χ2n) is 10.1. The molecule has 10 heteroatoms. The number of para-hydroxylation sites is 2. The highest BCUT2D eigenvalue weighted by molar-refractivity contribution is 6.01. The van der Waals surface area contributed by atoms with Crippen molar-refractivity contribution in [2.45, 2.75) is 24.9 Å². The molecule has 1 aliphatic rings. The number of hydrogen-bond acceptors (Lipinski definition) is 6. The number of nitrogens with one attached hydrogen (secondary N) is 2. The predicted octanol–water partition coefficient (Wildman–Crippen LogP) is 2.29. The Balaban J connectivity index is 1.55. The van der Waals surface area contributed by atoms with Crippen LogP contribution in [0.25, 0.3) is 0 Å². The number of carbonyl (C=O) groups excluding carboxylic acids is 4. The van der Waals surface area contributed by atoms with Crippen molar-refractivity contribution in [3.05, 3.63) is 96.1 Å². The van der Waals surface area contributed by atoms with Crippen molar-refractivity contribution in [2.24, 2.45) is 0 Å². The van der Waals surface area contributed by atoms with Crippen LogP contribution >= 0.6 is 0 Å². The van der Waals surface area contributed by atoms with Gasteiger partial charge in [-0.05, 0) is 29.8 Å². The van der Waals surface area contributed by atoms with Gasteiger partial charge in [-0.1, -0.05) is 60.7 Å². The normalized spacial score (nSPS) is 18.0. The summed E-state index contributed by atoms with van der Waals surface area (Å²) < 4.78 is 11.6. The van der Waals surface area contributed by atoms with Crippen LogP contribution in [0.1, 0.15) is 22.3 Å². The third kappa shape index (κ3) is 8.33. The van der Waals surface area contributed by atoms with E-state index in [4.69, 9.17) is 9.47 Å². The average molecular weight is 573 g/mol. The SMILES string of the molecule is CN1CCOc2ccccc2C(=O)N[C@H](C(=O)N(C)CCOc2ccccc2)CC(=O)N[C@@H](Cc2ccccc2)C1=O. The van der Waals surface area contributed by atoms with Gasteiger partial charge >= 0.3 is 0 Å². The van der Waals surface area contributed by atoms with Crippen molar-refractivity contribution < 1.29 is 28.7 Å². The first-order chi connectivity index (χ1) is 20.3. The van der Waals surface area contributed by atoms with Crippen LogP contribution in [0, 0.1) is 0 Å². The van der Waals surface area contributed by atoms with E-state index in [9.17, 15) is 19.2 Å². The molecule has 2 N–H and O–H groups in total. The molecular weight excluding hydrogens is 536 g/mol. The minimum atomic E-state index is -1.19. The number of likely N-dealkylation sites (N-methyl/N-ethyl adjacent to an activating group) is 2. The lowest BCUT2D eigenvalue weighted by Gasteiger charge is -2.28. The van der Waals surface area contributed by atoms with E-state index in [1.807, 2.05) is 60.7 Å². The van der Waals surface area contributed by atoms with Gasteiger partial charge in [0.2, 0.25) is 17.7 Å². The van der Waals surface area contributed by atoms with Crippen molar-refractivity contribution >= 4 is 23.6 Å². The van der Waals surface area contributed by atoms with Crippen LogP contribution < -0.4 is 20.1 Å². The van der Waals surface area contributed by atoms with Gasteiger partial charge in [0.1, 0.15) is 36.8 Å². The zero-order valence-electron chi connectivity index (χ0n) is 23.8. The van der Waals surface area contributed by atoms with Gasteiger partial charge in [-0.3, -0.25) is 19.2 Å². The Hall–Kier alpha value is -4.86. The van der Waals surface area contributed by atoms with E-state index >= 15 is 0 Å². The number of hydrogen-bond donors (Lipinski definition) is 2. The lowest BCUT2D eigenvalue weighted by atomic mass is 10.0. The van der Waals surface area contributed by atoms with Crippen molar-refractivity contribution in [3.8, 4) is 11.5 Å². The number of carbonyl (C=O) groups is 4. The molecule has 4 rings (SSSR count). The van der Waals surface area contributed by atoms with Crippen LogP contribution in [0.3, 0.4) is 0 Å². The van der Waals surface area contributed by atoms with E-state index in [2.05, 4.69) is 10.6 Å². The van der Waals surface area contributed by atoms with Gasteiger partial charge in [0.25, 0.3) is 5.91 Å². The van der Waals surface area contributed by atoms with E-state index in [1.165, 1.54) is 9.80 Å². The summed E-state index contributed by atoms with van der Waals surface area (Å²) in [7, 11) is 3.22. The third-order valence-electron chi connectivity index (χ3n) is 6.92. The highest BCUT2D eigenvalue weighted by Gasteiger charge is 2.31. The van der Waals surface area contributed by atoms with Crippen LogP contribution in [-0.2, 0) is 20.8 Å². The standard InChI is InChI=1S/C32H36N4O6/c1-35(17-19-41-24-13-7-4-8-14-24)32(40)27-22-29(37)33-26(21-23-11-5-3-6-12-23)31(39)36(2)18-20-42-28-16-10-9-15-25(28)30(38)34-27/h3-16,26-27H,17-22H2,1-2H3,(H,33,37)(H,34,38)/t26-,27-/m0/s1. The van der Waals surface area contributed by atoms with Gasteiger partial charge in [-0.2, -0.15) is 0 Å². The van der Waals surface area contributed by atoms with E-state index < -0.39 is 29.8 Å². The van der Waals surface area contributed by atoms with Crippen molar-refractivity contribution in [3.63, 3.8) is 0 Å². The Labute approximate surface area is 245 Å². The molecule has 0 aromatic heterocycles. The minimum absolute atomic E-state index is 0.130. The summed E-state index contributed by atoms with van der Waals surface area (Å²) in [6.07, 6.45) is -0.0963. The second-order valence-corrected chi connectivity index (χ2v) is 10.1. The molecule has 1 heterocycles. The van der Waals surface area contributed by atoms with Crippen molar-refractivity contribution in [1.82, 2.24) is 20.4 Å². The molecule has 3 aromatic carbocycles. The fourth-order valence-corrected chi connectivity index (χ4v) is 4.57. The Kier molecular flexibility index (Phi) is 10.5. The lowest BCUT2D eigenvalue weighted by Crippen LogP contribution is -2.53. The Morgan fingerprint density at radius 1 is 0.952 bits per heavy atom. The van der Waals surface area contributed by atoms with Gasteiger partial charge < -0.3 is 29.9 Å². The number of benzene rings is 3. The van der Waals surface area contributed by atoms with E-state index in [1.54, 1.807) is 38.4 Å². The summed E-state index contributed by atoms with van der Waals surface area (Å²) in [5.74, 6) is -0.861. The van der Waals surface area contributed by atoms with E-state index in [-0.39, 0.29) is 50.6 Å². The smallest absolute Gasteiger partial charge is 0.255 e. The molecule has 0 saturated heterocycles. The Morgan fingerprint density at radius 3 is 2.36 bits per heavy atom. The molecule has 0 radical (unpaired) electrons. The zero-order valence-corrected chi connectivity index (χ0v) is 23.8. The fourth-order valence-electron chi connectivity index (χ4n) is 4.57. The first-order valence-corrected chi connectivity index (χ1v) is 13.9. The quantitative estimate of drug-likeness (QED) is 0.449. The molecule has 10 nitrogen and oxygen atoms in total. The predicted molar refractivity (Wildman–Crippen MR) is 157 cm³/mol. The van der Waals surface area contributed by atoms with Crippen molar-refractivity contribution in [2.75, 3.05) is 40.4 Å². The number of amides is 4. The molecule has 3 aromatic rings. The number of rotatable bonds is 7. The molecule has 0 saturated carbocycles. The minimum Gasteiger partial charge on any atom is -0.492 e. The highest BCUT2D eigenvalue weighted by atomic mass is 16.5. The molecule has 0 unspecified atom stereocenters. The first kappa shape index (κ1) is 30.1. The molecule has 42 heavy (non-hydrogen) atoms. The third-order valence-corrected chi connectivity index (χ3v) is 6.92. The summed E-state index contributed by atoms with van der Waals surface area (Å²) in [6.45, 7) is 0.815. The molecule has 2 atom stereocenters. The van der Waals surface area contributed by atoms with Crippen LogP contribution in [0.2, 0.25) is 0 Å². The molecule has 4 amide bonds. The molecule has 0 spiro atoms. The first-order valence-electron chi connectivity index (χ1n) is 13.9. The van der Waals surface area contributed by atoms with Crippen LogP contribution in [0.4, 0.5) is 0 Å². The van der Waals surface area contributed by atoms with E-state index in [0.29, 0.717) is 11.5 Å². The topological polar surface area (TPSA) is 117 Å².